The van der Waals surface area contributed by atoms with Crippen molar-refractivity contribution in [3.05, 3.63) is 77.3 Å². The molecular formula is C19H13ClO4. The van der Waals surface area contributed by atoms with Crippen molar-refractivity contribution < 1.29 is 19.7 Å². The van der Waals surface area contributed by atoms with Crippen LogP contribution in [-0.2, 0) is 0 Å². The first-order valence-electron chi connectivity index (χ1n) is 7.13. The average Bonchev–Trinajstić information content (AvgIpc) is 2.58. The van der Waals surface area contributed by atoms with E-state index in [9.17, 15) is 15.0 Å². The molecule has 0 aliphatic carbocycles. The van der Waals surface area contributed by atoms with Crippen molar-refractivity contribution in [3.8, 4) is 28.4 Å². The van der Waals surface area contributed by atoms with Crippen molar-refractivity contribution in [1.82, 2.24) is 0 Å². The second-order valence-electron chi connectivity index (χ2n) is 5.13. The molecule has 0 spiro atoms. The van der Waals surface area contributed by atoms with Crippen molar-refractivity contribution in [1.29, 1.82) is 0 Å². The number of benzene rings is 3. The first-order chi connectivity index (χ1) is 11.5. The molecule has 4 nitrogen and oxygen atoms in total. The fourth-order valence-electron chi connectivity index (χ4n) is 2.18. The van der Waals surface area contributed by atoms with Gasteiger partial charge in [0.2, 0.25) is 0 Å². The Balaban J connectivity index is 1.77. The number of rotatable bonds is 3. The summed E-state index contributed by atoms with van der Waals surface area (Å²) >= 11 is 5.92. The molecule has 3 aromatic rings. The van der Waals surface area contributed by atoms with Crippen molar-refractivity contribution in [3.63, 3.8) is 0 Å². The topological polar surface area (TPSA) is 66.8 Å². The molecule has 3 rings (SSSR count). The van der Waals surface area contributed by atoms with E-state index in [1.807, 2.05) is 0 Å². The molecule has 0 bridgehead atoms. The quantitative estimate of drug-likeness (QED) is 0.538. The van der Waals surface area contributed by atoms with Crippen molar-refractivity contribution in [2.24, 2.45) is 0 Å². The molecule has 5 heteroatoms. The van der Waals surface area contributed by atoms with Gasteiger partial charge in [-0.25, -0.2) is 4.79 Å². The Labute approximate surface area is 143 Å². The van der Waals surface area contributed by atoms with E-state index in [-0.39, 0.29) is 22.3 Å². The van der Waals surface area contributed by atoms with Gasteiger partial charge in [0.25, 0.3) is 0 Å². The van der Waals surface area contributed by atoms with Gasteiger partial charge in [0.1, 0.15) is 17.2 Å². The number of aromatic hydroxyl groups is 2. The summed E-state index contributed by atoms with van der Waals surface area (Å²) < 4.78 is 5.23. The van der Waals surface area contributed by atoms with Gasteiger partial charge >= 0.3 is 5.97 Å². The molecule has 0 radical (unpaired) electrons. The summed E-state index contributed by atoms with van der Waals surface area (Å²) in [5.74, 6) is -0.162. The zero-order chi connectivity index (χ0) is 17.1. The van der Waals surface area contributed by atoms with E-state index in [4.69, 9.17) is 16.3 Å². The number of phenols is 2. The summed E-state index contributed by atoms with van der Waals surface area (Å²) in [5, 5.41) is 18.8. The van der Waals surface area contributed by atoms with Gasteiger partial charge in [-0.1, -0.05) is 35.9 Å². The number of hydrogen-bond donors (Lipinski definition) is 2. The van der Waals surface area contributed by atoms with Crippen LogP contribution < -0.4 is 4.74 Å². The third kappa shape index (κ3) is 3.50. The fourth-order valence-corrected chi connectivity index (χ4v) is 2.40. The first-order valence-corrected chi connectivity index (χ1v) is 7.51. The highest BCUT2D eigenvalue weighted by atomic mass is 35.5. The lowest BCUT2D eigenvalue weighted by atomic mass is 10.0. The second kappa shape index (κ2) is 6.64. The number of phenolic OH excluding ortho intramolecular Hbond substituents is 2. The molecule has 0 saturated heterocycles. The molecule has 0 saturated carbocycles. The molecule has 0 atom stereocenters. The van der Waals surface area contributed by atoms with Gasteiger partial charge < -0.3 is 14.9 Å². The van der Waals surface area contributed by atoms with Crippen LogP contribution in [0.15, 0.2) is 66.7 Å². The summed E-state index contributed by atoms with van der Waals surface area (Å²) in [5.41, 5.74) is 2.21. The third-order valence-corrected chi connectivity index (χ3v) is 3.73. The molecule has 0 aliphatic rings. The molecule has 0 heterocycles. The van der Waals surface area contributed by atoms with E-state index >= 15 is 0 Å². The van der Waals surface area contributed by atoms with Gasteiger partial charge in [0.05, 0.1) is 10.6 Å². The molecule has 0 aliphatic heterocycles. The summed E-state index contributed by atoms with van der Waals surface area (Å²) in [6.45, 7) is 0. The number of carbonyl (C=O) groups excluding carboxylic acids is 1. The molecular weight excluding hydrogens is 328 g/mol. The molecule has 0 amide bonds. The van der Waals surface area contributed by atoms with Crippen LogP contribution in [0, 0.1) is 0 Å². The highest BCUT2D eigenvalue weighted by Crippen LogP contribution is 2.29. The van der Waals surface area contributed by atoms with Crippen LogP contribution in [0.5, 0.6) is 17.2 Å². The summed E-state index contributed by atoms with van der Waals surface area (Å²) in [6, 6.07) is 17.8. The number of ether oxygens (including phenoxy) is 1. The highest BCUT2D eigenvalue weighted by molar-refractivity contribution is 6.32. The maximum atomic E-state index is 12.2. The number of esters is 1. The van der Waals surface area contributed by atoms with Crippen LogP contribution >= 0.6 is 11.6 Å². The zero-order valence-electron chi connectivity index (χ0n) is 12.4. The van der Waals surface area contributed by atoms with E-state index in [1.54, 1.807) is 48.5 Å². The average molecular weight is 341 g/mol. The van der Waals surface area contributed by atoms with E-state index in [0.29, 0.717) is 5.56 Å². The summed E-state index contributed by atoms with van der Waals surface area (Å²) in [6.07, 6.45) is 0. The maximum Gasteiger partial charge on any atom is 0.343 e. The maximum absolute atomic E-state index is 12.2. The van der Waals surface area contributed by atoms with Crippen LogP contribution in [0.25, 0.3) is 11.1 Å². The number of halogens is 1. The molecule has 120 valence electrons. The van der Waals surface area contributed by atoms with Gasteiger partial charge in [0.15, 0.2) is 0 Å². The van der Waals surface area contributed by atoms with Gasteiger partial charge in [-0.3, -0.25) is 0 Å². The Morgan fingerprint density at radius 1 is 0.792 bits per heavy atom. The number of carbonyl (C=O) groups is 1. The lowest BCUT2D eigenvalue weighted by molar-refractivity contribution is 0.0734. The normalized spacial score (nSPS) is 10.4. The Bertz CT molecular complexity index is 871. The minimum Gasteiger partial charge on any atom is -0.508 e. The van der Waals surface area contributed by atoms with Gasteiger partial charge in [0, 0.05) is 6.07 Å². The minimum absolute atomic E-state index is 0.00181. The van der Waals surface area contributed by atoms with Gasteiger partial charge in [-0.05, 0) is 47.5 Å². The third-order valence-electron chi connectivity index (χ3n) is 3.44. The fraction of sp³-hybridized carbons (Fsp3) is 0. The van der Waals surface area contributed by atoms with Crippen molar-refractivity contribution >= 4 is 17.6 Å². The molecule has 0 fully saturated rings. The molecule has 3 aromatic carbocycles. The van der Waals surface area contributed by atoms with E-state index in [2.05, 4.69) is 0 Å². The van der Waals surface area contributed by atoms with Crippen molar-refractivity contribution in [2.45, 2.75) is 0 Å². The standard InChI is InChI=1S/C19H13ClO4/c20-17-11-16(22)9-10-18(17)24-19(23)14-3-1-12(2-4-14)13-5-7-15(21)8-6-13/h1-11,21-22H. The highest BCUT2D eigenvalue weighted by Gasteiger charge is 2.12. The van der Waals surface area contributed by atoms with Gasteiger partial charge in [-0.15, -0.1) is 0 Å². The van der Waals surface area contributed by atoms with Crippen LogP contribution in [0.3, 0.4) is 0 Å². The lowest BCUT2D eigenvalue weighted by Crippen LogP contribution is -2.08. The molecule has 24 heavy (non-hydrogen) atoms. The Morgan fingerprint density at radius 2 is 1.33 bits per heavy atom. The predicted octanol–water partition coefficient (Wildman–Crippen LogP) is 4.64. The lowest BCUT2D eigenvalue weighted by Gasteiger charge is -2.07. The molecule has 0 unspecified atom stereocenters. The Kier molecular flexibility index (Phi) is 4.40. The SMILES string of the molecule is O=C(Oc1ccc(O)cc1Cl)c1ccc(-c2ccc(O)cc2)cc1. The van der Waals surface area contributed by atoms with E-state index in [0.717, 1.165) is 11.1 Å². The van der Waals surface area contributed by atoms with Gasteiger partial charge in [-0.2, -0.15) is 0 Å². The van der Waals surface area contributed by atoms with Crippen LogP contribution in [0.4, 0.5) is 0 Å². The first kappa shape index (κ1) is 15.9. The Hall–Kier alpha value is -2.98. The smallest absolute Gasteiger partial charge is 0.343 e. The molecule has 2 N–H and O–H groups in total. The van der Waals surface area contributed by atoms with Crippen LogP contribution in [0.1, 0.15) is 10.4 Å². The largest absolute Gasteiger partial charge is 0.508 e. The second-order valence-corrected chi connectivity index (χ2v) is 5.54. The summed E-state index contributed by atoms with van der Waals surface area (Å²) in [4.78, 5) is 12.2. The van der Waals surface area contributed by atoms with E-state index in [1.165, 1.54) is 18.2 Å². The van der Waals surface area contributed by atoms with Crippen LogP contribution in [-0.4, -0.2) is 16.2 Å². The minimum atomic E-state index is -0.542. The number of hydrogen-bond acceptors (Lipinski definition) is 4. The summed E-state index contributed by atoms with van der Waals surface area (Å²) in [7, 11) is 0. The predicted molar refractivity (Wildman–Crippen MR) is 91.6 cm³/mol. The molecule has 0 aromatic heterocycles. The monoisotopic (exact) mass is 340 g/mol. The van der Waals surface area contributed by atoms with Crippen LogP contribution in [0.2, 0.25) is 5.02 Å². The zero-order valence-corrected chi connectivity index (χ0v) is 13.2. The van der Waals surface area contributed by atoms with E-state index < -0.39 is 5.97 Å². The van der Waals surface area contributed by atoms with Crippen molar-refractivity contribution in [2.75, 3.05) is 0 Å². The Morgan fingerprint density at radius 3 is 1.92 bits per heavy atom.